The summed E-state index contributed by atoms with van der Waals surface area (Å²) in [6.45, 7) is 2.09. The summed E-state index contributed by atoms with van der Waals surface area (Å²) in [7, 11) is -3.90. The highest BCUT2D eigenvalue weighted by Gasteiger charge is 2.30. The molecule has 0 saturated heterocycles. The first kappa shape index (κ1) is 20.6. The smallest absolute Gasteiger partial charge is 0.243 e. The van der Waals surface area contributed by atoms with Crippen LogP contribution in [0.3, 0.4) is 0 Å². The van der Waals surface area contributed by atoms with E-state index in [1.807, 2.05) is 6.92 Å². The molecule has 3 rings (SSSR count). The van der Waals surface area contributed by atoms with E-state index in [2.05, 4.69) is 5.32 Å². The van der Waals surface area contributed by atoms with Gasteiger partial charge in [0, 0.05) is 17.6 Å². The van der Waals surface area contributed by atoms with Crippen LogP contribution in [0.5, 0.6) is 5.75 Å². The van der Waals surface area contributed by atoms with E-state index >= 15 is 0 Å². The molecule has 0 atom stereocenters. The van der Waals surface area contributed by atoms with Gasteiger partial charge in [0.2, 0.25) is 15.9 Å². The number of carbonyl (C=O) groups is 1. The van der Waals surface area contributed by atoms with E-state index in [0.717, 1.165) is 17.1 Å². The first-order valence-corrected chi connectivity index (χ1v) is 11.0. The Labute approximate surface area is 170 Å². The maximum Gasteiger partial charge on any atom is 0.243 e. The topological polar surface area (TPSA) is 75.7 Å². The first-order valence-electron chi connectivity index (χ1n) is 9.16. The van der Waals surface area contributed by atoms with Gasteiger partial charge < -0.3 is 10.1 Å². The molecule has 1 saturated carbocycles. The van der Waals surface area contributed by atoms with Gasteiger partial charge in [0.15, 0.2) is 0 Å². The van der Waals surface area contributed by atoms with Gasteiger partial charge in [0.1, 0.15) is 5.75 Å². The fourth-order valence-electron chi connectivity index (χ4n) is 2.73. The van der Waals surface area contributed by atoms with Crippen molar-refractivity contribution in [2.45, 2.75) is 37.2 Å². The highest BCUT2D eigenvalue weighted by atomic mass is 35.5. The second-order valence-electron chi connectivity index (χ2n) is 6.61. The summed E-state index contributed by atoms with van der Waals surface area (Å²) < 4.78 is 33.0. The maximum atomic E-state index is 13.2. The van der Waals surface area contributed by atoms with Crippen molar-refractivity contribution in [3.8, 4) is 5.75 Å². The van der Waals surface area contributed by atoms with E-state index in [4.69, 9.17) is 16.3 Å². The van der Waals surface area contributed by atoms with Crippen LogP contribution in [0.25, 0.3) is 0 Å². The SMILES string of the molecule is CCOc1ccc(S(=O)(=O)N(CC(=O)NC2CC2)Cc2ccccc2Cl)cc1. The van der Waals surface area contributed by atoms with Crippen LogP contribution in [0.1, 0.15) is 25.3 Å². The predicted molar refractivity (Wildman–Crippen MR) is 108 cm³/mol. The average molecular weight is 423 g/mol. The van der Waals surface area contributed by atoms with Gasteiger partial charge in [0.25, 0.3) is 0 Å². The number of hydrogen-bond donors (Lipinski definition) is 1. The number of amides is 1. The summed E-state index contributed by atoms with van der Waals surface area (Å²) in [5, 5.41) is 3.29. The van der Waals surface area contributed by atoms with Gasteiger partial charge in [-0.1, -0.05) is 29.8 Å². The second-order valence-corrected chi connectivity index (χ2v) is 8.96. The van der Waals surface area contributed by atoms with Gasteiger partial charge in [-0.2, -0.15) is 4.31 Å². The van der Waals surface area contributed by atoms with Crippen LogP contribution < -0.4 is 10.1 Å². The lowest BCUT2D eigenvalue weighted by molar-refractivity contribution is -0.121. The van der Waals surface area contributed by atoms with Crippen molar-refractivity contribution >= 4 is 27.5 Å². The highest BCUT2D eigenvalue weighted by Crippen LogP contribution is 2.24. The van der Waals surface area contributed by atoms with Gasteiger partial charge in [0.05, 0.1) is 18.0 Å². The number of rotatable bonds is 9. The summed E-state index contributed by atoms with van der Waals surface area (Å²) in [5.74, 6) is 0.273. The number of carbonyl (C=O) groups excluding carboxylic acids is 1. The van der Waals surface area contributed by atoms with Crippen molar-refractivity contribution in [3.63, 3.8) is 0 Å². The lowest BCUT2D eigenvalue weighted by Gasteiger charge is -2.22. The van der Waals surface area contributed by atoms with E-state index in [1.54, 1.807) is 36.4 Å². The molecular formula is C20H23ClN2O4S. The van der Waals surface area contributed by atoms with Crippen LogP contribution >= 0.6 is 11.6 Å². The van der Waals surface area contributed by atoms with Gasteiger partial charge in [-0.25, -0.2) is 8.42 Å². The molecule has 0 spiro atoms. The molecule has 1 aliphatic rings. The summed E-state index contributed by atoms with van der Waals surface area (Å²) in [5.41, 5.74) is 0.637. The number of halogens is 1. The van der Waals surface area contributed by atoms with E-state index in [0.29, 0.717) is 22.9 Å². The molecule has 1 aliphatic carbocycles. The monoisotopic (exact) mass is 422 g/mol. The summed E-state index contributed by atoms with van der Waals surface area (Å²) in [6.07, 6.45) is 1.86. The molecule has 1 amide bonds. The minimum atomic E-state index is -3.90. The molecule has 6 nitrogen and oxygen atoms in total. The van der Waals surface area contributed by atoms with Crippen LogP contribution in [0.4, 0.5) is 0 Å². The molecule has 0 aliphatic heterocycles. The Balaban J connectivity index is 1.86. The molecular weight excluding hydrogens is 400 g/mol. The molecule has 150 valence electrons. The Bertz CT molecular complexity index is 927. The summed E-state index contributed by atoms with van der Waals surface area (Å²) in [4.78, 5) is 12.4. The molecule has 0 aromatic heterocycles. The molecule has 1 N–H and O–H groups in total. The standard InChI is InChI=1S/C20H23ClN2O4S/c1-2-27-17-9-11-18(12-10-17)28(25,26)23(14-20(24)22-16-7-8-16)13-15-5-3-4-6-19(15)21/h3-6,9-12,16H,2,7-8,13-14H2,1H3,(H,22,24). The van der Waals surface area contributed by atoms with E-state index in [1.165, 1.54) is 12.1 Å². The second kappa shape index (κ2) is 8.94. The summed E-state index contributed by atoms with van der Waals surface area (Å²) >= 11 is 6.21. The zero-order valence-corrected chi connectivity index (χ0v) is 17.2. The van der Waals surface area contributed by atoms with E-state index in [9.17, 15) is 13.2 Å². The quantitative estimate of drug-likeness (QED) is 0.673. The molecule has 0 unspecified atom stereocenters. The van der Waals surface area contributed by atoms with Crippen molar-refractivity contribution in [1.29, 1.82) is 0 Å². The molecule has 0 bridgehead atoms. The van der Waals surface area contributed by atoms with E-state index in [-0.39, 0.29) is 29.9 Å². The lowest BCUT2D eigenvalue weighted by Crippen LogP contribution is -2.41. The maximum absolute atomic E-state index is 13.2. The van der Waals surface area contributed by atoms with Gasteiger partial charge in [-0.15, -0.1) is 0 Å². The van der Waals surface area contributed by atoms with Crippen LogP contribution in [0.15, 0.2) is 53.4 Å². The molecule has 28 heavy (non-hydrogen) atoms. The number of ether oxygens (including phenoxy) is 1. The lowest BCUT2D eigenvalue weighted by atomic mass is 10.2. The van der Waals surface area contributed by atoms with Crippen molar-refractivity contribution in [3.05, 3.63) is 59.1 Å². The fraction of sp³-hybridized carbons (Fsp3) is 0.350. The molecule has 0 radical (unpaired) electrons. The Kier molecular flexibility index (Phi) is 6.59. The van der Waals surface area contributed by atoms with Crippen molar-refractivity contribution in [1.82, 2.24) is 9.62 Å². The van der Waals surface area contributed by atoms with Gasteiger partial charge in [-0.05, 0) is 55.7 Å². The van der Waals surface area contributed by atoms with Gasteiger partial charge >= 0.3 is 0 Å². The zero-order valence-electron chi connectivity index (χ0n) is 15.6. The molecule has 8 heteroatoms. The Morgan fingerprint density at radius 2 is 1.86 bits per heavy atom. The Morgan fingerprint density at radius 3 is 2.46 bits per heavy atom. The fourth-order valence-corrected chi connectivity index (χ4v) is 4.30. The third kappa shape index (κ3) is 5.25. The minimum Gasteiger partial charge on any atom is -0.494 e. The molecule has 2 aromatic carbocycles. The highest BCUT2D eigenvalue weighted by molar-refractivity contribution is 7.89. The predicted octanol–water partition coefficient (Wildman–Crippen LogP) is 3.21. The van der Waals surface area contributed by atoms with Gasteiger partial charge in [-0.3, -0.25) is 4.79 Å². The van der Waals surface area contributed by atoms with Crippen molar-refractivity contribution in [2.24, 2.45) is 0 Å². The van der Waals surface area contributed by atoms with Crippen molar-refractivity contribution in [2.75, 3.05) is 13.2 Å². The largest absolute Gasteiger partial charge is 0.494 e. The number of benzene rings is 2. The minimum absolute atomic E-state index is 0.00725. The van der Waals surface area contributed by atoms with Crippen LogP contribution in [-0.4, -0.2) is 37.8 Å². The molecule has 2 aromatic rings. The average Bonchev–Trinajstić information content (AvgIpc) is 3.47. The van der Waals surface area contributed by atoms with Crippen LogP contribution in [0.2, 0.25) is 5.02 Å². The zero-order chi connectivity index (χ0) is 20.1. The van der Waals surface area contributed by atoms with Crippen LogP contribution in [0, 0.1) is 0 Å². The third-order valence-electron chi connectivity index (χ3n) is 4.34. The number of nitrogens with one attached hydrogen (secondary N) is 1. The third-order valence-corrected chi connectivity index (χ3v) is 6.51. The molecule has 1 fully saturated rings. The Hall–Kier alpha value is -2.09. The first-order chi connectivity index (χ1) is 13.4. The number of hydrogen-bond acceptors (Lipinski definition) is 4. The number of sulfonamides is 1. The summed E-state index contributed by atoms with van der Waals surface area (Å²) in [6, 6.07) is 13.3. The molecule has 0 heterocycles. The normalized spacial score (nSPS) is 14.1. The van der Waals surface area contributed by atoms with Crippen LogP contribution in [-0.2, 0) is 21.4 Å². The number of nitrogens with zero attached hydrogens (tertiary/aromatic N) is 1. The van der Waals surface area contributed by atoms with Crippen molar-refractivity contribution < 1.29 is 17.9 Å². The Morgan fingerprint density at radius 1 is 1.18 bits per heavy atom. The van der Waals surface area contributed by atoms with E-state index < -0.39 is 10.0 Å².